The molecule has 0 N–H and O–H groups in total. The van der Waals surface area contributed by atoms with E-state index < -0.39 is 0 Å². The fourth-order valence-electron chi connectivity index (χ4n) is 1.32. The third kappa shape index (κ3) is 4.03. The van der Waals surface area contributed by atoms with Gasteiger partial charge in [-0.05, 0) is 37.5 Å². The second-order valence-electron chi connectivity index (χ2n) is 3.99. The maximum absolute atomic E-state index is 5.66. The van der Waals surface area contributed by atoms with Gasteiger partial charge < -0.3 is 4.74 Å². The molecule has 1 heteroatoms. The van der Waals surface area contributed by atoms with E-state index in [0.29, 0.717) is 6.61 Å². The standard InChI is InChI=1S/C14H18O/c1-11(2)9-13-7-5-6-8-14(13)15-10-12(3)4/h5-8H,1,3,9-10H2,2,4H3. The van der Waals surface area contributed by atoms with Crippen LogP contribution in [0.4, 0.5) is 0 Å². The molecule has 1 aromatic carbocycles. The highest BCUT2D eigenvalue weighted by atomic mass is 16.5. The first-order valence-corrected chi connectivity index (χ1v) is 5.09. The molecule has 0 bridgehead atoms. The molecule has 80 valence electrons. The first-order chi connectivity index (χ1) is 7.09. The quantitative estimate of drug-likeness (QED) is 0.660. The average molecular weight is 202 g/mol. The predicted molar refractivity (Wildman–Crippen MR) is 65.3 cm³/mol. The lowest BCUT2D eigenvalue weighted by atomic mass is 10.1. The Morgan fingerprint density at radius 1 is 1.13 bits per heavy atom. The Balaban J connectivity index is 2.76. The average Bonchev–Trinajstić information content (AvgIpc) is 2.15. The number of hydrogen-bond acceptors (Lipinski definition) is 1. The minimum atomic E-state index is 0.577. The topological polar surface area (TPSA) is 9.23 Å². The van der Waals surface area contributed by atoms with Crippen molar-refractivity contribution >= 4 is 0 Å². The summed E-state index contributed by atoms with van der Waals surface area (Å²) in [6.45, 7) is 12.3. The molecular formula is C14H18O. The molecule has 0 amide bonds. The summed E-state index contributed by atoms with van der Waals surface area (Å²) in [5, 5.41) is 0. The van der Waals surface area contributed by atoms with Crippen LogP contribution in [0, 0.1) is 0 Å². The smallest absolute Gasteiger partial charge is 0.123 e. The maximum atomic E-state index is 5.66. The van der Waals surface area contributed by atoms with Gasteiger partial charge in [0.05, 0.1) is 0 Å². The third-order valence-electron chi connectivity index (χ3n) is 1.94. The van der Waals surface area contributed by atoms with Crippen molar-refractivity contribution in [2.24, 2.45) is 0 Å². The van der Waals surface area contributed by atoms with E-state index >= 15 is 0 Å². The van der Waals surface area contributed by atoms with Gasteiger partial charge in [0.25, 0.3) is 0 Å². The number of para-hydroxylation sites is 1. The highest BCUT2D eigenvalue weighted by Gasteiger charge is 2.02. The molecule has 0 aliphatic carbocycles. The molecule has 0 aliphatic rings. The molecule has 15 heavy (non-hydrogen) atoms. The maximum Gasteiger partial charge on any atom is 0.123 e. The van der Waals surface area contributed by atoms with Crippen LogP contribution >= 0.6 is 0 Å². The largest absolute Gasteiger partial charge is 0.489 e. The molecule has 0 aromatic heterocycles. The molecule has 1 nitrogen and oxygen atoms in total. The van der Waals surface area contributed by atoms with Crippen LogP contribution < -0.4 is 4.74 Å². The van der Waals surface area contributed by atoms with Crippen LogP contribution in [0.3, 0.4) is 0 Å². The first kappa shape index (κ1) is 11.6. The number of rotatable bonds is 5. The summed E-state index contributed by atoms with van der Waals surface area (Å²) in [6, 6.07) is 8.06. The molecule has 0 fully saturated rings. The molecule has 0 heterocycles. The molecule has 0 aliphatic heterocycles. The zero-order chi connectivity index (χ0) is 11.3. The number of allylic oxidation sites excluding steroid dienone is 1. The lowest BCUT2D eigenvalue weighted by Crippen LogP contribution is -2.00. The van der Waals surface area contributed by atoms with E-state index in [1.807, 2.05) is 32.0 Å². The van der Waals surface area contributed by atoms with Crippen LogP contribution in [-0.2, 0) is 6.42 Å². The van der Waals surface area contributed by atoms with Gasteiger partial charge in [-0.15, -0.1) is 0 Å². The molecule has 0 unspecified atom stereocenters. The predicted octanol–water partition coefficient (Wildman–Crippen LogP) is 3.76. The summed E-state index contributed by atoms with van der Waals surface area (Å²) in [5.74, 6) is 0.934. The van der Waals surface area contributed by atoms with Crippen LogP contribution in [-0.4, -0.2) is 6.61 Å². The van der Waals surface area contributed by atoms with Gasteiger partial charge in [0.2, 0.25) is 0 Å². The Hall–Kier alpha value is -1.50. The normalized spacial score (nSPS) is 9.73. The van der Waals surface area contributed by atoms with Crippen molar-refractivity contribution in [1.82, 2.24) is 0 Å². The van der Waals surface area contributed by atoms with Gasteiger partial charge in [0.1, 0.15) is 12.4 Å². The van der Waals surface area contributed by atoms with Crippen molar-refractivity contribution in [2.45, 2.75) is 20.3 Å². The van der Waals surface area contributed by atoms with E-state index in [9.17, 15) is 0 Å². The van der Waals surface area contributed by atoms with E-state index in [1.54, 1.807) is 0 Å². The number of hydrogen-bond donors (Lipinski definition) is 0. The number of ether oxygens (including phenoxy) is 1. The molecular weight excluding hydrogens is 184 g/mol. The minimum Gasteiger partial charge on any atom is -0.489 e. The van der Waals surface area contributed by atoms with Crippen LogP contribution in [0.25, 0.3) is 0 Å². The number of benzene rings is 1. The molecule has 0 radical (unpaired) electrons. The summed E-state index contributed by atoms with van der Waals surface area (Å²) in [7, 11) is 0. The third-order valence-corrected chi connectivity index (χ3v) is 1.94. The summed E-state index contributed by atoms with van der Waals surface area (Å²) in [6.07, 6.45) is 0.867. The van der Waals surface area contributed by atoms with E-state index in [1.165, 1.54) is 5.56 Å². The molecule has 1 rings (SSSR count). The Bertz CT molecular complexity index is 363. The van der Waals surface area contributed by atoms with Gasteiger partial charge in [-0.3, -0.25) is 0 Å². The summed E-state index contributed by atoms with van der Waals surface area (Å²) in [5.41, 5.74) is 3.35. The lowest BCUT2D eigenvalue weighted by molar-refractivity contribution is 0.349. The minimum absolute atomic E-state index is 0.577. The summed E-state index contributed by atoms with van der Waals surface area (Å²) in [4.78, 5) is 0. The second-order valence-corrected chi connectivity index (χ2v) is 3.99. The monoisotopic (exact) mass is 202 g/mol. The van der Waals surface area contributed by atoms with Gasteiger partial charge in [0.15, 0.2) is 0 Å². The summed E-state index contributed by atoms with van der Waals surface area (Å²) < 4.78 is 5.66. The molecule has 1 aromatic rings. The Morgan fingerprint density at radius 3 is 2.40 bits per heavy atom. The Morgan fingerprint density at radius 2 is 1.80 bits per heavy atom. The van der Waals surface area contributed by atoms with Gasteiger partial charge in [-0.2, -0.15) is 0 Å². The van der Waals surface area contributed by atoms with Crippen molar-refractivity contribution in [1.29, 1.82) is 0 Å². The molecule has 0 atom stereocenters. The van der Waals surface area contributed by atoms with Gasteiger partial charge in [0, 0.05) is 0 Å². The van der Waals surface area contributed by atoms with E-state index in [4.69, 9.17) is 4.74 Å². The van der Waals surface area contributed by atoms with E-state index in [-0.39, 0.29) is 0 Å². The van der Waals surface area contributed by atoms with Crippen LogP contribution in [0.1, 0.15) is 19.4 Å². The Kier molecular flexibility index (Phi) is 4.17. The second kappa shape index (κ2) is 5.40. The van der Waals surface area contributed by atoms with Crippen LogP contribution in [0.15, 0.2) is 48.6 Å². The van der Waals surface area contributed by atoms with Gasteiger partial charge in [-0.25, -0.2) is 0 Å². The van der Waals surface area contributed by atoms with Crippen molar-refractivity contribution in [2.75, 3.05) is 6.61 Å². The van der Waals surface area contributed by atoms with Gasteiger partial charge >= 0.3 is 0 Å². The lowest BCUT2D eigenvalue weighted by Gasteiger charge is -2.11. The fourth-order valence-corrected chi connectivity index (χ4v) is 1.32. The van der Waals surface area contributed by atoms with Crippen LogP contribution in [0.5, 0.6) is 5.75 Å². The van der Waals surface area contributed by atoms with Crippen molar-refractivity contribution in [3.05, 3.63) is 54.1 Å². The van der Waals surface area contributed by atoms with Gasteiger partial charge in [-0.1, -0.05) is 36.9 Å². The highest BCUT2D eigenvalue weighted by Crippen LogP contribution is 2.20. The zero-order valence-corrected chi connectivity index (χ0v) is 9.55. The van der Waals surface area contributed by atoms with E-state index in [2.05, 4.69) is 19.2 Å². The zero-order valence-electron chi connectivity index (χ0n) is 9.55. The van der Waals surface area contributed by atoms with E-state index in [0.717, 1.165) is 23.3 Å². The van der Waals surface area contributed by atoms with Crippen LogP contribution in [0.2, 0.25) is 0 Å². The highest BCUT2D eigenvalue weighted by molar-refractivity contribution is 5.36. The van der Waals surface area contributed by atoms with Crippen molar-refractivity contribution < 1.29 is 4.74 Å². The van der Waals surface area contributed by atoms with Crippen molar-refractivity contribution in [3.63, 3.8) is 0 Å². The SMILES string of the molecule is C=C(C)COc1ccccc1CC(=C)C. The Labute approximate surface area is 92.1 Å². The summed E-state index contributed by atoms with van der Waals surface area (Å²) >= 11 is 0. The molecule has 0 spiro atoms. The van der Waals surface area contributed by atoms with Crippen molar-refractivity contribution in [3.8, 4) is 5.75 Å². The molecule has 0 saturated carbocycles. The molecule has 0 saturated heterocycles. The fraction of sp³-hybridized carbons (Fsp3) is 0.286. The first-order valence-electron chi connectivity index (χ1n) is 5.09.